The number of hydrogen-bond donors (Lipinski definition) is 2. The molecule has 1 amide bonds. The van der Waals surface area contributed by atoms with E-state index in [0.717, 1.165) is 22.0 Å². The average Bonchev–Trinajstić information content (AvgIpc) is 2.97. The molecule has 122 valence electrons. The van der Waals surface area contributed by atoms with Crippen molar-refractivity contribution in [2.24, 2.45) is 0 Å². The van der Waals surface area contributed by atoms with Crippen molar-refractivity contribution in [3.05, 3.63) is 52.0 Å². The van der Waals surface area contributed by atoms with Crippen molar-refractivity contribution >= 4 is 23.3 Å². The van der Waals surface area contributed by atoms with Crippen molar-refractivity contribution in [2.75, 3.05) is 6.61 Å². The Labute approximate surface area is 139 Å². The van der Waals surface area contributed by atoms with Gasteiger partial charge in [-0.15, -0.1) is 11.3 Å². The fourth-order valence-corrected chi connectivity index (χ4v) is 2.45. The summed E-state index contributed by atoms with van der Waals surface area (Å²) in [5.41, 5.74) is 1.77. The highest BCUT2D eigenvalue weighted by Crippen LogP contribution is 2.17. The largest absolute Gasteiger partial charge is 0.487 e. The van der Waals surface area contributed by atoms with Gasteiger partial charge in [-0.2, -0.15) is 0 Å². The van der Waals surface area contributed by atoms with Crippen molar-refractivity contribution in [1.29, 1.82) is 0 Å². The van der Waals surface area contributed by atoms with Crippen molar-refractivity contribution < 1.29 is 14.6 Å². The first-order chi connectivity index (χ1) is 11.1. The highest BCUT2D eigenvalue weighted by Gasteiger charge is 2.03. The minimum Gasteiger partial charge on any atom is -0.487 e. The Balaban J connectivity index is 1.92. The fourth-order valence-electron chi connectivity index (χ4n) is 1.85. The average molecular weight is 332 g/mol. The predicted molar refractivity (Wildman–Crippen MR) is 91.3 cm³/mol. The fraction of sp³-hybridized carbons (Fsp3) is 0.294. The number of hydrogen-bond acceptors (Lipinski definition) is 5. The minimum absolute atomic E-state index is 0.0843. The Morgan fingerprint density at radius 3 is 3.04 bits per heavy atom. The van der Waals surface area contributed by atoms with E-state index in [1.807, 2.05) is 36.6 Å². The van der Waals surface area contributed by atoms with E-state index in [9.17, 15) is 4.79 Å². The van der Waals surface area contributed by atoms with Gasteiger partial charge in [-0.05, 0) is 37.6 Å². The zero-order valence-corrected chi connectivity index (χ0v) is 14.0. The molecule has 0 spiro atoms. The molecular weight excluding hydrogens is 312 g/mol. The Hall–Kier alpha value is -2.18. The zero-order valence-electron chi connectivity index (χ0n) is 13.2. The molecule has 2 N–H and O–H groups in total. The van der Waals surface area contributed by atoms with Gasteiger partial charge in [0.25, 0.3) is 0 Å². The van der Waals surface area contributed by atoms with Crippen LogP contribution in [0, 0.1) is 6.92 Å². The SMILES string of the molecule is Cc1nc(COc2cccc(/C=C/C(=O)NC(C)CO)c2)cs1. The van der Waals surface area contributed by atoms with Gasteiger partial charge in [-0.25, -0.2) is 4.98 Å². The molecule has 0 fully saturated rings. The number of ether oxygens (including phenoxy) is 1. The lowest BCUT2D eigenvalue weighted by molar-refractivity contribution is -0.117. The third-order valence-corrected chi connectivity index (χ3v) is 3.82. The first kappa shape index (κ1) is 17.2. The summed E-state index contributed by atoms with van der Waals surface area (Å²) in [6, 6.07) is 7.22. The van der Waals surface area contributed by atoms with Crippen molar-refractivity contribution in [2.45, 2.75) is 26.5 Å². The summed E-state index contributed by atoms with van der Waals surface area (Å²) in [4.78, 5) is 16.0. The number of benzene rings is 1. The zero-order chi connectivity index (χ0) is 16.7. The van der Waals surface area contributed by atoms with Crippen LogP contribution in [0.4, 0.5) is 0 Å². The number of nitrogens with zero attached hydrogens (tertiary/aromatic N) is 1. The van der Waals surface area contributed by atoms with E-state index in [1.54, 1.807) is 24.3 Å². The summed E-state index contributed by atoms with van der Waals surface area (Å²) in [5.74, 6) is 0.484. The molecule has 1 heterocycles. The molecule has 23 heavy (non-hydrogen) atoms. The molecule has 5 nitrogen and oxygen atoms in total. The second-order valence-corrected chi connectivity index (χ2v) is 6.21. The van der Waals surface area contributed by atoms with Crippen LogP contribution < -0.4 is 10.1 Å². The summed E-state index contributed by atoms with van der Waals surface area (Å²) in [5, 5.41) is 14.5. The van der Waals surface area contributed by atoms with Crippen molar-refractivity contribution in [3.63, 3.8) is 0 Å². The molecule has 0 aliphatic heterocycles. The van der Waals surface area contributed by atoms with Gasteiger partial charge in [0, 0.05) is 17.5 Å². The first-order valence-electron chi connectivity index (χ1n) is 7.30. The maximum Gasteiger partial charge on any atom is 0.244 e. The molecule has 0 aliphatic rings. The first-order valence-corrected chi connectivity index (χ1v) is 8.18. The smallest absolute Gasteiger partial charge is 0.244 e. The van der Waals surface area contributed by atoms with Gasteiger partial charge in [0.2, 0.25) is 5.91 Å². The number of nitrogens with one attached hydrogen (secondary N) is 1. The van der Waals surface area contributed by atoms with Gasteiger partial charge in [-0.1, -0.05) is 12.1 Å². The van der Waals surface area contributed by atoms with Gasteiger partial charge in [0.05, 0.1) is 17.3 Å². The normalized spacial score (nSPS) is 12.3. The van der Waals surface area contributed by atoms with E-state index in [-0.39, 0.29) is 18.6 Å². The van der Waals surface area contributed by atoms with Gasteiger partial charge in [0.1, 0.15) is 12.4 Å². The van der Waals surface area contributed by atoms with Crippen LogP contribution >= 0.6 is 11.3 Å². The van der Waals surface area contributed by atoms with Crippen LogP contribution in [0.5, 0.6) is 5.75 Å². The van der Waals surface area contributed by atoms with Crippen LogP contribution in [0.1, 0.15) is 23.2 Å². The lowest BCUT2D eigenvalue weighted by atomic mass is 10.2. The van der Waals surface area contributed by atoms with Crippen LogP contribution in [0.15, 0.2) is 35.7 Å². The number of aliphatic hydroxyl groups is 1. The molecule has 6 heteroatoms. The molecule has 1 aromatic heterocycles. The Kier molecular flexibility index (Phi) is 6.31. The summed E-state index contributed by atoms with van der Waals surface area (Å²) in [7, 11) is 0. The molecule has 2 rings (SSSR count). The number of rotatable bonds is 7. The van der Waals surface area contributed by atoms with Gasteiger partial charge >= 0.3 is 0 Å². The van der Waals surface area contributed by atoms with Crippen LogP contribution in [0.2, 0.25) is 0 Å². The molecular formula is C17H20N2O3S. The molecule has 0 bridgehead atoms. The maximum absolute atomic E-state index is 11.6. The third-order valence-electron chi connectivity index (χ3n) is 3.00. The second-order valence-electron chi connectivity index (χ2n) is 5.14. The van der Waals surface area contributed by atoms with Gasteiger partial charge in [-0.3, -0.25) is 4.79 Å². The summed E-state index contributed by atoms with van der Waals surface area (Å²) in [6.07, 6.45) is 3.15. The van der Waals surface area contributed by atoms with Crippen LogP contribution in [0.25, 0.3) is 6.08 Å². The number of aryl methyl sites for hydroxylation is 1. The Morgan fingerprint density at radius 2 is 2.35 bits per heavy atom. The number of thiazole rings is 1. The quantitative estimate of drug-likeness (QED) is 0.764. The number of amides is 1. The van der Waals surface area contributed by atoms with Crippen LogP contribution in [0.3, 0.4) is 0 Å². The third kappa shape index (κ3) is 5.84. The molecule has 0 aliphatic carbocycles. The van der Waals surface area contributed by atoms with Crippen molar-refractivity contribution in [3.8, 4) is 5.75 Å². The highest BCUT2D eigenvalue weighted by molar-refractivity contribution is 7.09. The summed E-state index contributed by atoms with van der Waals surface area (Å²) in [6.45, 7) is 4.04. The van der Waals surface area contributed by atoms with E-state index >= 15 is 0 Å². The number of aromatic nitrogens is 1. The minimum atomic E-state index is -0.261. The van der Waals surface area contributed by atoms with E-state index in [0.29, 0.717) is 6.61 Å². The van der Waals surface area contributed by atoms with E-state index in [2.05, 4.69) is 10.3 Å². The maximum atomic E-state index is 11.6. The number of carbonyl (C=O) groups is 1. The van der Waals surface area contributed by atoms with E-state index in [4.69, 9.17) is 9.84 Å². The van der Waals surface area contributed by atoms with E-state index in [1.165, 1.54) is 6.08 Å². The number of carbonyl (C=O) groups excluding carboxylic acids is 1. The lowest BCUT2D eigenvalue weighted by Crippen LogP contribution is -2.33. The van der Waals surface area contributed by atoms with Crippen LogP contribution in [-0.2, 0) is 11.4 Å². The molecule has 1 aromatic carbocycles. The van der Waals surface area contributed by atoms with Crippen LogP contribution in [-0.4, -0.2) is 28.6 Å². The molecule has 0 saturated heterocycles. The van der Waals surface area contributed by atoms with Crippen molar-refractivity contribution in [1.82, 2.24) is 10.3 Å². The Morgan fingerprint density at radius 1 is 1.52 bits per heavy atom. The number of aliphatic hydroxyl groups excluding tert-OH is 1. The van der Waals surface area contributed by atoms with Gasteiger partial charge in [0.15, 0.2) is 0 Å². The molecule has 2 aromatic rings. The van der Waals surface area contributed by atoms with Gasteiger partial charge < -0.3 is 15.2 Å². The molecule has 1 unspecified atom stereocenters. The lowest BCUT2D eigenvalue weighted by Gasteiger charge is -2.08. The molecule has 1 atom stereocenters. The monoisotopic (exact) mass is 332 g/mol. The molecule has 0 radical (unpaired) electrons. The Bertz CT molecular complexity index is 682. The highest BCUT2D eigenvalue weighted by atomic mass is 32.1. The summed E-state index contributed by atoms with van der Waals surface area (Å²) < 4.78 is 5.71. The second kappa shape index (κ2) is 8.45. The molecule has 0 saturated carbocycles. The standard InChI is InChI=1S/C17H20N2O3S/c1-12(9-20)18-17(21)7-6-14-4-3-5-16(8-14)22-10-15-11-23-13(2)19-15/h3-8,11-12,20H,9-10H2,1-2H3,(H,18,21)/b7-6+. The van der Waals surface area contributed by atoms with E-state index < -0.39 is 0 Å². The topological polar surface area (TPSA) is 71.5 Å². The predicted octanol–water partition coefficient (Wildman–Crippen LogP) is 2.54. The summed E-state index contributed by atoms with van der Waals surface area (Å²) >= 11 is 1.60.